The number of rotatable bonds is 5. The van der Waals surface area contributed by atoms with Gasteiger partial charge >= 0.3 is 5.97 Å². The molecule has 2 rings (SSSR count). The van der Waals surface area contributed by atoms with Crippen molar-refractivity contribution in [1.82, 2.24) is 0 Å². The summed E-state index contributed by atoms with van der Waals surface area (Å²) < 4.78 is 5.59. The number of aliphatic carboxylic acids is 1. The van der Waals surface area contributed by atoms with E-state index in [0.29, 0.717) is 10.8 Å². The van der Waals surface area contributed by atoms with Crippen molar-refractivity contribution in [3.63, 3.8) is 0 Å². The van der Waals surface area contributed by atoms with Gasteiger partial charge in [0.05, 0.1) is 0 Å². The van der Waals surface area contributed by atoms with Crippen molar-refractivity contribution in [2.45, 2.75) is 26.4 Å². The molecule has 1 atom stereocenters. The highest BCUT2D eigenvalue weighted by Crippen LogP contribution is 2.20. The molecule has 0 aliphatic heterocycles. The Morgan fingerprint density at radius 2 is 1.86 bits per heavy atom. The van der Waals surface area contributed by atoms with Gasteiger partial charge in [0.15, 0.2) is 6.10 Å². The Morgan fingerprint density at radius 1 is 1.19 bits per heavy atom. The monoisotopic (exact) mass is 304 g/mol. The molecule has 2 aromatic rings. The number of carboxylic acid groups (broad SMARTS) is 1. The molecule has 2 aromatic carbocycles. The zero-order chi connectivity index (χ0) is 15.4. The fourth-order valence-electron chi connectivity index (χ4n) is 2.02. The van der Waals surface area contributed by atoms with Crippen LogP contribution in [0.15, 0.2) is 42.5 Å². The van der Waals surface area contributed by atoms with Crippen LogP contribution in [0.25, 0.3) is 0 Å². The van der Waals surface area contributed by atoms with Crippen LogP contribution in [-0.4, -0.2) is 17.2 Å². The molecule has 0 fully saturated rings. The Hall–Kier alpha value is -2.00. The molecule has 0 aromatic heterocycles. The number of aryl methyl sites for hydroxylation is 2. The Balaban J connectivity index is 2.17. The summed E-state index contributed by atoms with van der Waals surface area (Å²) in [4.78, 5) is 11.4. The highest BCUT2D eigenvalue weighted by Gasteiger charge is 2.21. The number of ether oxygens (including phenoxy) is 1. The fraction of sp³-hybridized carbons (Fsp3) is 0.235. The number of benzene rings is 2. The fourth-order valence-corrected chi connectivity index (χ4v) is 2.21. The standard InChI is InChI=1S/C17H17ClO3/c1-11-3-7-15(8-4-11)21-16(17(19)20)10-13-9-14(18)6-5-12(13)2/h3-9,16H,10H2,1-2H3,(H,19,20). The number of hydrogen-bond donors (Lipinski definition) is 1. The molecular formula is C17H17ClO3. The summed E-state index contributed by atoms with van der Waals surface area (Å²) in [5.74, 6) is -0.442. The number of carboxylic acids is 1. The van der Waals surface area contributed by atoms with Crippen LogP contribution in [0.5, 0.6) is 5.75 Å². The van der Waals surface area contributed by atoms with Crippen molar-refractivity contribution in [2.24, 2.45) is 0 Å². The summed E-state index contributed by atoms with van der Waals surface area (Å²) in [5, 5.41) is 9.95. The van der Waals surface area contributed by atoms with E-state index in [9.17, 15) is 9.90 Å². The largest absolute Gasteiger partial charge is 0.478 e. The lowest BCUT2D eigenvalue weighted by molar-refractivity contribution is -0.145. The molecule has 0 heterocycles. The van der Waals surface area contributed by atoms with Crippen molar-refractivity contribution in [2.75, 3.05) is 0 Å². The number of hydrogen-bond acceptors (Lipinski definition) is 2. The topological polar surface area (TPSA) is 46.5 Å². The average molecular weight is 305 g/mol. The van der Waals surface area contributed by atoms with Gasteiger partial charge in [-0.1, -0.05) is 35.4 Å². The lowest BCUT2D eigenvalue weighted by Crippen LogP contribution is -2.29. The van der Waals surface area contributed by atoms with Gasteiger partial charge < -0.3 is 9.84 Å². The summed E-state index contributed by atoms with van der Waals surface area (Å²) in [6, 6.07) is 12.8. The first-order valence-corrected chi connectivity index (χ1v) is 7.04. The molecule has 3 nitrogen and oxygen atoms in total. The minimum Gasteiger partial charge on any atom is -0.478 e. The van der Waals surface area contributed by atoms with Gasteiger partial charge in [-0.25, -0.2) is 4.79 Å². The van der Waals surface area contributed by atoms with Gasteiger partial charge in [0.2, 0.25) is 0 Å². The number of carbonyl (C=O) groups is 1. The van der Waals surface area contributed by atoms with Crippen molar-refractivity contribution in [1.29, 1.82) is 0 Å². The van der Waals surface area contributed by atoms with E-state index in [4.69, 9.17) is 16.3 Å². The molecule has 4 heteroatoms. The molecule has 1 N–H and O–H groups in total. The molecule has 0 bridgehead atoms. The zero-order valence-corrected chi connectivity index (χ0v) is 12.7. The summed E-state index contributed by atoms with van der Waals surface area (Å²) in [6.07, 6.45) is -0.667. The average Bonchev–Trinajstić information content (AvgIpc) is 2.44. The summed E-state index contributed by atoms with van der Waals surface area (Å²) in [7, 11) is 0. The lowest BCUT2D eigenvalue weighted by atomic mass is 10.0. The van der Waals surface area contributed by atoms with Gasteiger partial charge in [-0.05, 0) is 49.2 Å². The van der Waals surface area contributed by atoms with E-state index in [2.05, 4.69) is 0 Å². The second-order valence-corrected chi connectivity index (χ2v) is 5.47. The Morgan fingerprint density at radius 3 is 2.48 bits per heavy atom. The first-order chi connectivity index (χ1) is 9.95. The van der Waals surface area contributed by atoms with E-state index in [1.54, 1.807) is 24.3 Å². The highest BCUT2D eigenvalue weighted by atomic mass is 35.5. The van der Waals surface area contributed by atoms with Crippen LogP contribution in [0, 0.1) is 13.8 Å². The molecule has 0 amide bonds. The first kappa shape index (κ1) is 15.4. The highest BCUT2D eigenvalue weighted by molar-refractivity contribution is 6.30. The van der Waals surface area contributed by atoms with Gasteiger partial charge in [0.25, 0.3) is 0 Å². The van der Waals surface area contributed by atoms with Crippen LogP contribution in [0.3, 0.4) is 0 Å². The van der Waals surface area contributed by atoms with E-state index in [0.717, 1.165) is 16.7 Å². The molecule has 0 saturated carbocycles. The molecule has 0 saturated heterocycles. The second-order valence-electron chi connectivity index (χ2n) is 5.03. The lowest BCUT2D eigenvalue weighted by Gasteiger charge is -2.16. The Kier molecular flexibility index (Phi) is 4.86. The van der Waals surface area contributed by atoms with Crippen molar-refractivity contribution in [3.8, 4) is 5.75 Å². The van der Waals surface area contributed by atoms with Crippen LogP contribution in [0.2, 0.25) is 5.02 Å². The summed E-state index contributed by atoms with van der Waals surface area (Å²) >= 11 is 5.97. The van der Waals surface area contributed by atoms with Crippen LogP contribution in [0.4, 0.5) is 0 Å². The normalized spacial score (nSPS) is 12.0. The maximum atomic E-state index is 11.4. The molecule has 0 spiro atoms. The van der Waals surface area contributed by atoms with Gasteiger partial charge in [-0.15, -0.1) is 0 Å². The van der Waals surface area contributed by atoms with Crippen LogP contribution >= 0.6 is 11.6 Å². The quantitative estimate of drug-likeness (QED) is 0.907. The van der Waals surface area contributed by atoms with E-state index in [1.165, 1.54) is 0 Å². The molecule has 21 heavy (non-hydrogen) atoms. The summed E-state index contributed by atoms with van der Waals surface area (Å²) in [5.41, 5.74) is 2.97. The van der Waals surface area contributed by atoms with Crippen LogP contribution in [-0.2, 0) is 11.2 Å². The maximum Gasteiger partial charge on any atom is 0.345 e. The molecule has 110 valence electrons. The van der Waals surface area contributed by atoms with E-state index in [1.807, 2.05) is 32.0 Å². The molecule has 0 radical (unpaired) electrons. The van der Waals surface area contributed by atoms with Gasteiger partial charge in [0, 0.05) is 11.4 Å². The van der Waals surface area contributed by atoms with E-state index in [-0.39, 0.29) is 6.42 Å². The van der Waals surface area contributed by atoms with Gasteiger partial charge in [0.1, 0.15) is 5.75 Å². The molecule has 0 aliphatic carbocycles. The van der Waals surface area contributed by atoms with E-state index < -0.39 is 12.1 Å². The van der Waals surface area contributed by atoms with Crippen molar-refractivity contribution < 1.29 is 14.6 Å². The predicted octanol–water partition coefficient (Wildman–Crippen LogP) is 4.03. The van der Waals surface area contributed by atoms with Crippen LogP contribution < -0.4 is 4.74 Å². The molecule has 1 unspecified atom stereocenters. The second kappa shape index (κ2) is 6.64. The van der Waals surface area contributed by atoms with Gasteiger partial charge in [-0.3, -0.25) is 0 Å². The summed E-state index contributed by atoms with van der Waals surface area (Å²) in [6.45, 7) is 3.89. The van der Waals surface area contributed by atoms with Crippen molar-refractivity contribution in [3.05, 3.63) is 64.2 Å². The molecule has 0 aliphatic rings. The number of halogens is 1. The Labute approximate surface area is 129 Å². The molecular weight excluding hydrogens is 288 g/mol. The Bertz CT molecular complexity index is 635. The minimum atomic E-state index is -0.991. The third kappa shape index (κ3) is 4.23. The zero-order valence-electron chi connectivity index (χ0n) is 12.0. The third-order valence-corrected chi connectivity index (χ3v) is 3.53. The SMILES string of the molecule is Cc1ccc(OC(Cc2cc(Cl)ccc2C)C(=O)O)cc1. The third-order valence-electron chi connectivity index (χ3n) is 3.29. The maximum absolute atomic E-state index is 11.4. The predicted molar refractivity (Wildman–Crippen MR) is 83.1 cm³/mol. The van der Waals surface area contributed by atoms with E-state index >= 15 is 0 Å². The first-order valence-electron chi connectivity index (χ1n) is 6.67. The van der Waals surface area contributed by atoms with Crippen LogP contribution in [0.1, 0.15) is 16.7 Å². The smallest absolute Gasteiger partial charge is 0.345 e. The van der Waals surface area contributed by atoms with Crippen molar-refractivity contribution >= 4 is 17.6 Å². The minimum absolute atomic E-state index is 0.273. The van der Waals surface area contributed by atoms with Gasteiger partial charge in [-0.2, -0.15) is 0 Å².